The van der Waals surface area contributed by atoms with E-state index >= 15 is 0 Å². The summed E-state index contributed by atoms with van der Waals surface area (Å²) in [6, 6.07) is 0. The van der Waals surface area contributed by atoms with Crippen LogP contribution in [0.25, 0.3) is 0 Å². The Bertz CT molecular complexity index is 154. The van der Waals surface area contributed by atoms with Gasteiger partial charge in [-0.05, 0) is 34.1 Å². The summed E-state index contributed by atoms with van der Waals surface area (Å²) in [6.07, 6.45) is 6.70. The van der Waals surface area contributed by atoms with E-state index in [0.29, 0.717) is 6.42 Å². The van der Waals surface area contributed by atoms with Crippen LogP contribution in [0.2, 0.25) is 0 Å². The Morgan fingerprint density at radius 3 is 2.27 bits per heavy atom. The van der Waals surface area contributed by atoms with Gasteiger partial charge in [-0.3, -0.25) is 0 Å². The van der Waals surface area contributed by atoms with Crippen molar-refractivity contribution in [1.82, 2.24) is 0 Å². The molecular weight excluding hydrogens is 136 g/mol. The monoisotopic (exact) mass is 154 g/mol. The molecule has 1 nitrogen and oxygen atoms in total. The summed E-state index contributed by atoms with van der Waals surface area (Å²) >= 11 is 0. The van der Waals surface area contributed by atoms with Crippen LogP contribution < -0.4 is 0 Å². The molecule has 0 aromatic carbocycles. The molecule has 0 aliphatic carbocycles. The second-order valence-electron chi connectivity index (χ2n) is 3.69. The van der Waals surface area contributed by atoms with E-state index in [1.54, 1.807) is 13.8 Å². The van der Waals surface area contributed by atoms with Crippen LogP contribution >= 0.6 is 0 Å². The van der Waals surface area contributed by atoms with E-state index in [1.807, 2.05) is 18.2 Å². The number of allylic oxidation sites excluding steroid dienone is 3. The maximum absolute atomic E-state index is 9.31. The van der Waals surface area contributed by atoms with Crippen LogP contribution in [0.3, 0.4) is 0 Å². The molecule has 0 radical (unpaired) electrons. The number of hydrogen-bond donors (Lipinski definition) is 1. The van der Waals surface area contributed by atoms with Crippen LogP contribution in [0.1, 0.15) is 34.1 Å². The third kappa shape index (κ3) is 9.44. The Kier molecular flexibility index (Phi) is 4.12. The van der Waals surface area contributed by atoms with Gasteiger partial charge in [-0.1, -0.05) is 23.8 Å². The maximum Gasteiger partial charge on any atom is 0.0626 e. The lowest BCUT2D eigenvalue weighted by molar-refractivity contribution is 0.0839. The fourth-order valence-electron chi connectivity index (χ4n) is 0.617. The van der Waals surface area contributed by atoms with Crippen LogP contribution in [0.15, 0.2) is 23.8 Å². The molecule has 11 heavy (non-hydrogen) atoms. The molecule has 1 heteroatoms. The first kappa shape index (κ1) is 10.4. The average molecular weight is 154 g/mol. The molecule has 0 aromatic rings. The summed E-state index contributed by atoms with van der Waals surface area (Å²) in [6.45, 7) is 7.71. The summed E-state index contributed by atoms with van der Waals surface area (Å²) < 4.78 is 0. The lowest BCUT2D eigenvalue weighted by Gasteiger charge is -2.12. The first-order valence-electron chi connectivity index (χ1n) is 3.94. The van der Waals surface area contributed by atoms with Gasteiger partial charge >= 0.3 is 0 Å². The Balaban J connectivity index is 3.71. The minimum absolute atomic E-state index is 0.577. The van der Waals surface area contributed by atoms with Crippen molar-refractivity contribution in [3.05, 3.63) is 23.8 Å². The van der Waals surface area contributed by atoms with Gasteiger partial charge in [-0.25, -0.2) is 0 Å². The van der Waals surface area contributed by atoms with Crippen LogP contribution in [0.4, 0.5) is 0 Å². The molecule has 0 atom stereocenters. The standard InChI is InChI=1S/C10H18O/c1-9(2)7-5-6-8-10(3,4)11/h5-7,11H,8H2,1-4H3. The maximum atomic E-state index is 9.31. The van der Waals surface area contributed by atoms with Crippen molar-refractivity contribution in [2.75, 3.05) is 0 Å². The Labute approximate surface area is 69.4 Å². The Hall–Kier alpha value is -0.560. The summed E-state index contributed by atoms with van der Waals surface area (Å²) in [4.78, 5) is 0. The summed E-state index contributed by atoms with van der Waals surface area (Å²) in [5.74, 6) is 0. The topological polar surface area (TPSA) is 20.2 Å². The van der Waals surface area contributed by atoms with Gasteiger partial charge in [0, 0.05) is 0 Å². The molecule has 0 heterocycles. The van der Waals surface area contributed by atoms with Gasteiger partial charge in [0.2, 0.25) is 0 Å². The summed E-state index contributed by atoms with van der Waals surface area (Å²) in [5.41, 5.74) is 0.698. The lowest BCUT2D eigenvalue weighted by atomic mass is 10.1. The molecule has 0 aromatic heterocycles. The largest absolute Gasteiger partial charge is 0.390 e. The molecule has 0 spiro atoms. The molecule has 0 unspecified atom stereocenters. The number of rotatable bonds is 3. The van der Waals surface area contributed by atoms with Crippen molar-refractivity contribution >= 4 is 0 Å². The van der Waals surface area contributed by atoms with Crippen molar-refractivity contribution in [1.29, 1.82) is 0 Å². The zero-order valence-corrected chi connectivity index (χ0v) is 7.89. The van der Waals surface area contributed by atoms with Gasteiger partial charge in [-0.15, -0.1) is 0 Å². The van der Waals surface area contributed by atoms with Gasteiger partial charge in [0.15, 0.2) is 0 Å². The van der Waals surface area contributed by atoms with Gasteiger partial charge in [0.1, 0.15) is 0 Å². The molecule has 0 amide bonds. The Morgan fingerprint density at radius 2 is 1.91 bits per heavy atom. The quantitative estimate of drug-likeness (QED) is 0.620. The molecule has 0 bridgehead atoms. The first-order chi connectivity index (χ1) is 4.92. The van der Waals surface area contributed by atoms with Crippen molar-refractivity contribution in [3.63, 3.8) is 0 Å². The molecule has 0 aliphatic rings. The van der Waals surface area contributed by atoms with Gasteiger partial charge < -0.3 is 5.11 Å². The van der Waals surface area contributed by atoms with Gasteiger partial charge in [0.05, 0.1) is 5.60 Å². The molecular formula is C10H18O. The van der Waals surface area contributed by atoms with Crippen LogP contribution in [0.5, 0.6) is 0 Å². The van der Waals surface area contributed by atoms with Gasteiger partial charge in [-0.2, -0.15) is 0 Å². The fourth-order valence-corrected chi connectivity index (χ4v) is 0.617. The predicted octanol–water partition coefficient (Wildman–Crippen LogP) is 2.67. The fraction of sp³-hybridized carbons (Fsp3) is 0.600. The molecule has 0 saturated heterocycles. The summed E-state index contributed by atoms with van der Waals surface area (Å²) in [5, 5.41) is 9.31. The molecule has 64 valence electrons. The third-order valence-corrected chi connectivity index (χ3v) is 1.18. The van der Waals surface area contributed by atoms with Crippen molar-refractivity contribution < 1.29 is 5.11 Å². The van der Waals surface area contributed by atoms with Crippen LogP contribution in [0, 0.1) is 0 Å². The Morgan fingerprint density at radius 1 is 1.36 bits per heavy atom. The minimum Gasteiger partial charge on any atom is -0.390 e. The van der Waals surface area contributed by atoms with E-state index in [2.05, 4.69) is 13.8 Å². The third-order valence-electron chi connectivity index (χ3n) is 1.18. The van der Waals surface area contributed by atoms with Crippen molar-refractivity contribution in [3.8, 4) is 0 Å². The van der Waals surface area contributed by atoms with Gasteiger partial charge in [0.25, 0.3) is 0 Å². The van der Waals surface area contributed by atoms with E-state index in [4.69, 9.17) is 0 Å². The van der Waals surface area contributed by atoms with E-state index in [0.717, 1.165) is 0 Å². The minimum atomic E-state index is -0.577. The zero-order valence-electron chi connectivity index (χ0n) is 7.89. The second-order valence-corrected chi connectivity index (χ2v) is 3.69. The zero-order chi connectivity index (χ0) is 8.91. The SMILES string of the molecule is CC(C)=CC=CCC(C)(C)O. The highest BCUT2D eigenvalue weighted by molar-refractivity contribution is 5.08. The van der Waals surface area contributed by atoms with Crippen LogP contribution in [-0.4, -0.2) is 10.7 Å². The molecule has 0 fully saturated rings. The average Bonchev–Trinajstić information content (AvgIpc) is 1.78. The highest BCUT2D eigenvalue weighted by Crippen LogP contribution is 2.07. The number of aliphatic hydroxyl groups is 1. The molecule has 0 aliphatic heterocycles. The summed E-state index contributed by atoms with van der Waals surface area (Å²) in [7, 11) is 0. The molecule has 1 N–H and O–H groups in total. The van der Waals surface area contributed by atoms with Crippen LogP contribution in [-0.2, 0) is 0 Å². The predicted molar refractivity (Wildman–Crippen MR) is 49.5 cm³/mol. The smallest absolute Gasteiger partial charge is 0.0626 e. The highest BCUT2D eigenvalue weighted by atomic mass is 16.3. The van der Waals surface area contributed by atoms with Crippen molar-refractivity contribution in [2.24, 2.45) is 0 Å². The van der Waals surface area contributed by atoms with E-state index < -0.39 is 5.60 Å². The van der Waals surface area contributed by atoms with E-state index in [1.165, 1.54) is 5.57 Å². The molecule has 0 rings (SSSR count). The first-order valence-corrected chi connectivity index (χ1v) is 3.94. The number of hydrogen-bond acceptors (Lipinski definition) is 1. The van der Waals surface area contributed by atoms with Crippen molar-refractivity contribution in [2.45, 2.75) is 39.7 Å². The highest BCUT2D eigenvalue weighted by Gasteiger charge is 2.07. The normalized spacial score (nSPS) is 12.1. The molecule has 0 saturated carbocycles. The van der Waals surface area contributed by atoms with E-state index in [-0.39, 0.29) is 0 Å². The second kappa shape index (κ2) is 4.35. The van der Waals surface area contributed by atoms with E-state index in [9.17, 15) is 5.11 Å². The lowest BCUT2D eigenvalue weighted by Crippen LogP contribution is -2.16.